The lowest BCUT2D eigenvalue weighted by Gasteiger charge is -1.89. The highest BCUT2D eigenvalue weighted by molar-refractivity contribution is 9.10. The van der Waals surface area contributed by atoms with Crippen molar-refractivity contribution >= 4 is 44.6 Å². The topological polar surface area (TPSA) is 43.1 Å². The zero-order chi connectivity index (χ0) is 10.8. The first-order valence-corrected chi connectivity index (χ1v) is 6.11. The first kappa shape index (κ1) is 10.7. The van der Waals surface area contributed by atoms with Gasteiger partial charge in [0.2, 0.25) is 0 Å². The maximum atomic E-state index is 10.8. The van der Waals surface area contributed by atoms with Crippen LogP contribution in [0, 0.1) is 0 Å². The van der Waals surface area contributed by atoms with Gasteiger partial charge in [0, 0.05) is 4.47 Å². The van der Waals surface area contributed by atoms with Gasteiger partial charge in [-0.25, -0.2) is 4.98 Å². The van der Waals surface area contributed by atoms with Crippen LogP contribution >= 0.6 is 27.7 Å². The normalized spacial score (nSPS) is 10.8. The Balaban J connectivity index is 2.27. The van der Waals surface area contributed by atoms with Crippen molar-refractivity contribution in [1.29, 1.82) is 0 Å². The Bertz CT molecular complexity index is 509. The molecular weight excluding hydrogens is 278 g/mol. The van der Waals surface area contributed by atoms with E-state index in [0.29, 0.717) is 11.0 Å². The van der Waals surface area contributed by atoms with Gasteiger partial charge in [-0.1, -0.05) is 27.7 Å². The molecule has 15 heavy (non-hydrogen) atoms. The van der Waals surface area contributed by atoms with Crippen molar-refractivity contribution in [2.75, 3.05) is 5.75 Å². The number of thioether (sulfide) groups is 1. The Kier molecular flexibility index (Phi) is 3.11. The molecule has 0 aliphatic heterocycles. The lowest BCUT2D eigenvalue weighted by Crippen LogP contribution is -1.92. The molecule has 78 valence electrons. The third-order valence-corrected chi connectivity index (χ3v) is 3.20. The molecule has 0 saturated heterocycles. The maximum absolute atomic E-state index is 10.8. The van der Waals surface area contributed by atoms with Crippen molar-refractivity contribution < 1.29 is 9.21 Å². The fraction of sp³-hybridized carbons (Fsp3) is 0.200. The highest BCUT2D eigenvalue weighted by Crippen LogP contribution is 2.25. The molecule has 0 bridgehead atoms. The molecule has 0 radical (unpaired) electrons. The maximum Gasteiger partial charge on any atom is 0.257 e. The predicted molar refractivity (Wildman–Crippen MR) is 63.1 cm³/mol. The largest absolute Gasteiger partial charge is 0.431 e. The van der Waals surface area contributed by atoms with E-state index in [1.807, 2.05) is 18.2 Å². The predicted octanol–water partition coefficient (Wildman–Crippen LogP) is 3.27. The van der Waals surface area contributed by atoms with Crippen molar-refractivity contribution in [2.24, 2.45) is 0 Å². The Morgan fingerprint density at radius 2 is 2.40 bits per heavy atom. The van der Waals surface area contributed by atoms with Crippen molar-refractivity contribution in [3.8, 4) is 0 Å². The number of hydrogen-bond donors (Lipinski definition) is 0. The summed E-state index contributed by atoms with van der Waals surface area (Å²) in [6, 6.07) is 5.64. The molecule has 0 spiro atoms. The van der Waals surface area contributed by atoms with Crippen molar-refractivity contribution in [1.82, 2.24) is 4.98 Å². The van der Waals surface area contributed by atoms with Crippen LogP contribution in [0.25, 0.3) is 11.1 Å². The van der Waals surface area contributed by atoms with Crippen molar-refractivity contribution in [2.45, 2.75) is 12.1 Å². The zero-order valence-corrected chi connectivity index (χ0v) is 10.4. The molecule has 0 saturated carbocycles. The second-order valence-corrected chi connectivity index (χ2v) is 4.92. The van der Waals surface area contributed by atoms with E-state index in [0.717, 1.165) is 15.6 Å². The second-order valence-electron chi connectivity index (χ2n) is 3.08. The minimum atomic E-state index is 0.114. The summed E-state index contributed by atoms with van der Waals surface area (Å²) in [6.45, 7) is 1.55. The molecule has 0 atom stereocenters. The van der Waals surface area contributed by atoms with Crippen LogP contribution in [-0.2, 0) is 4.79 Å². The molecule has 5 heteroatoms. The minimum absolute atomic E-state index is 0.114. The first-order chi connectivity index (χ1) is 7.15. The summed E-state index contributed by atoms with van der Waals surface area (Å²) in [4.78, 5) is 15.0. The number of halogens is 1. The Morgan fingerprint density at radius 3 is 3.13 bits per heavy atom. The molecule has 0 amide bonds. The van der Waals surface area contributed by atoms with Gasteiger partial charge in [-0.3, -0.25) is 4.79 Å². The molecule has 0 unspecified atom stereocenters. The second kappa shape index (κ2) is 4.37. The van der Waals surface area contributed by atoms with Crippen LogP contribution in [0.2, 0.25) is 0 Å². The molecular formula is C10H8BrNO2S. The van der Waals surface area contributed by atoms with Crippen LogP contribution in [-0.4, -0.2) is 16.5 Å². The van der Waals surface area contributed by atoms with E-state index in [2.05, 4.69) is 20.9 Å². The molecule has 2 rings (SSSR count). The van der Waals surface area contributed by atoms with Crippen LogP contribution < -0.4 is 0 Å². The molecule has 0 aliphatic rings. The number of benzene rings is 1. The molecule has 2 aromatic rings. The van der Waals surface area contributed by atoms with E-state index in [1.165, 1.54) is 11.8 Å². The average Bonchev–Trinajstić information content (AvgIpc) is 2.56. The number of carbonyl (C=O) groups excluding carboxylic acids is 1. The van der Waals surface area contributed by atoms with E-state index in [-0.39, 0.29) is 5.78 Å². The summed E-state index contributed by atoms with van der Waals surface area (Å²) in [5.41, 5.74) is 1.54. The minimum Gasteiger partial charge on any atom is -0.431 e. The van der Waals surface area contributed by atoms with Crippen LogP contribution in [0.15, 0.2) is 32.3 Å². The van der Waals surface area contributed by atoms with Crippen LogP contribution in [0.1, 0.15) is 6.92 Å². The Morgan fingerprint density at radius 1 is 1.60 bits per heavy atom. The van der Waals surface area contributed by atoms with Crippen LogP contribution in [0.3, 0.4) is 0 Å². The van der Waals surface area contributed by atoms with E-state index in [1.54, 1.807) is 6.92 Å². The number of nitrogens with zero attached hydrogens (tertiary/aromatic N) is 1. The quantitative estimate of drug-likeness (QED) is 0.812. The summed E-state index contributed by atoms with van der Waals surface area (Å²) in [5.74, 6) is 0.511. The van der Waals surface area contributed by atoms with Gasteiger partial charge in [-0.15, -0.1) is 0 Å². The number of hydrogen-bond acceptors (Lipinski definition) is 4. The molecule has 0 N–H and O–H groups in total. The molecule has 1 heterocycles. The number of oxazole rings is 1. The molecule has 1 aromatic heterocycles. The number of ketones is 1. The summed E-state index contributed by atoms with van der Waals surface area (Å²) in [6.07, 6.45) is 0. The zero-order valence-electron chi connectivity index (χ0n) is 7.99. The van der Waals surface area contributed by atoms with E-state index < -0.39 is 0 Å². The summed E-state index contributed by atoms with van der Waals surface area (Å²) >= 11 is 4.67. The molecule has 0 fully saturated rings. The number of rotatable bonds is 3. The van der Waals surface area contributed by atoms with Gasteiger partial charge < -0.3 is 4.42 Å². The fourth-order valence-corrected chi connectivity index (χ4v) is 2.08. The SMILES string of the molecule is CC(=O)CSc1nc2ccc(Br)cc2o1. The number of aromatic nitrogens is 1. The fourth-order valence-electron chi connectivity index (χ4n) is 1.10. The van der Waals surface area contributed by atoms with Gasteiger partial charge in [0.1, 0.15) is 11.3 Å². The van der Waals surface area contributed by atoms with Crippen LogP contribution in [0.5, 0.6) is 0 Å². The molecule has 0 aliphatic carbocycles. The smallest absolute Gasteiger partial charge is 0.257 e. The molecule has 1 aromatic carbocycles. The number of fused-ring (bicyclic) bond motifs is 1. The highest BCUT2D eigenvalue weighted by atomic mass is 79.9. The summed E-state index contributed by atoms with van der Waals surface area (Å²) in [5, 5.41) is 0.540. The Hall–Kier alpha value is -0.810. The lowest BCUT2D eigenvalue weighted by molar-refractivity contribution is -0.114. The van der Waals surface area contributed by atoms with Crippen molar-refractivity contribution in [3.63, 3.8) is 0 Å². The van der Waals surface area contributed by atoms with E-state index in [4.69, 9.17) is 4.42 Å². The average molecular weight is 286 g/mol. The van der Waals surface area contributed by atoms with E-state index in [9.17, 15) is 4.79 Å². The van der Waals surface area contributed by atoms with Crippen LogP contribution in [0.4, 0.5) is 0 Å². The summed E-state index contributed by atoms with van der Waals surface area (Å²) < 4.78 is 6.42. The first-order valence-electron chi connectivity index (χ1n) is 4.33. The number of Topliss-reactive ketones (excluding diaryl/α,β-unsaturated/α-hetero) is 1. The standard InChI is InChI=1S/C10H8BrNO2S/c1-6(13)5-15-10-12-8-3-2-7(11)4-9(8)14-10/h2-4H,5H2,1H3. The third kappa shape index (κ3) is 2.60. The van der Waals surface area contributed by atoms with Gasteiger partial charge in [-0.2, -0.15) is 0 Å². The van der Waals surface area contributed by atoms with Gasteiger partial charge in [0.05, 0.1) is 5.75 Å². The van der Waals surface area contributed by atoms with E-state index >= 15 is 0 Å². The monoisotopic (exact) mass is 285 g/mol. The van der Waals surface area contributed by atoms with Gasteiger partial charge >= 0.3 is 0 Å². The van der Waals surface area contributed by atoms with Gasteiger partial charge in [-0.05, 0) is 25.1 Å². The molecule has 3 nitrogen and oxygen atoms in total. The summed E-state index contributed by atoms with van der Waals surface area (Å²) in [7, 11) is 0. The third-order valence-electron chi connectivity index (χ3n) is 1.73. The number of carbonyl (C=O) groups is 1. The lowest BCUT2D eigenvalue weighted by atomic mass is 10.3. The van der Waals surface area contributed by atoms with Crippen molar-refractivity contribution in [3.05, 3.63) is 22.7 Å². The van der Waals surface area contributed by atoms with Gasteiger partial charge in [0.15, 0.2) is 5.58 Å². The van der Waals surface area contributed by atoms with Gasteiger partial charge in [0.25, 0.3) is 5.22 Å². The Labute approximate surface area is 99.4 Å². The highest BCUT2D eigenvalue weighted by Gasteiger charge is 2.07.